The van der Waals surface area contributed by atoms with Crippen molar-refractivity contribution in [2.75, 3.05) is 0 Å². The highest BCUT2D eigenvalue weighted by atomic mass is 15.1. The van der Waals surface area contributed by atoms with Crippen molar-refractivity contribution in [2.45, 2.75) is 39.0 Å². The van der Waals surface area contributed by atoms with Crippen molar-refractivity contribution >= 4 is 11.2 Å². The van der Waals surface area contributed by atoms with Crippen LogP contribution in [0.25, 0.3) is 11.2 Å². The third kappa shape index (κ3) is 1.92. The van der Waals surface area contributed by atoms with E-state index < -0.39 is 0 Å². The van der Waals surface area contributed by atoms with Crippen LogP contribution >= 0.6 is 0 Å². The summed E-state index contributed by atoms with van der Waals surface area (Å²) in [6, 6.07) is 0. The molecule has 0 spiro atoms. The molecule has 4 heteroatoms. The molecule has 0 N–H and O–H groups in total. The highest BCUT2D eigenvalue weighted by Gasteiger charge is 2.26. The van der Waals surface area contributed by atoms with E-state index in [1.54, 1.807) is 6.33 Å². The van der Waals surface area contributed by atoms with E-state index in [9.17, 15) is 0 Å². The van der Waals surface area contributed by atoms with Crippen LogP contribution in [0.3, 0.4) is 0 Å². The van der Waals surface area contributed by atoms with Gasteiger partial charge in [-0.1, -0.05) is 26.8 Å². The van der Waals surface area contributed by atoms with Gasteiger partial charge in [-0.2, -0.15) is 0 Å². The van der Waals surface area contributed by atoms with Crippen molar-refractivity contribution in [1.29, 1.82) is 0 Å². The predicted octanol–water partition coefficient (Wildman–Crippen LogP) is 2.78. The molecule has 0 amide bonds. The zero-order valence-electron chi connectivity index (χ0n) is 11.6. The fraction of sp³-hybridized carbons (Fsp3) is 0.500. The lowest BCUT2D eigenvalue weighted by Crippen LogP contribution is -2.21. The Labute approximate surface area is 108 Å². The van der Waals surface area contributed by atoms with Gasteiger partial charge in [0.2, 0.25) is 0 Å². The number of fused-ring (bicyclic) bond motifs is 1. The van der Waals surface area contributed by atoms with Crippen LogP contribution in [0.5, 0.6) is 0 Å². The van der Waals surface area contributed by atoms with E-state index in [1.165, 1.54) is 0 Å². The first kappa shape index (κ1) is 12.7. The molecule has 2 aromatic heterocycles. The van der Waals surface area contributed by atoms with E-state index >= 15 is 0 Å². The molecule has 96 valence electrons. The monoisotopic (exact) mass is 244 g/mol. The number of allylic oxidation sites excluding steroid dienone is 1. The first-order valence-corrected chi connectivity index (χ1v) is 6.29. The first-order valence-electron chi connectivity index (χ1n) is 6.29. The second kappa shape index (κ2) is 4.52. The van der Waals surface area contributed by atoms with Gasteiger partial charge < -0.3 is 4.57 Å². The van der Waals surface area contributed by atoms with E-state index in [0.717, 1.165) is 35.5 Å². The maximum atomic E-state index is 4.76. The summed E-state index contributed by atoms with van der Waals surface area (Å²) in [5, 5.41) is 0. The summed E-state index contributed by atoms with van der Waals surface area (Å²) in [5.74, 6) is 1.03. The van der Waals surface area contributed by atoms with Crippen LogP contribution in [0, 0.1) is 0 Å². The molecule has 0 aromatic carbocycles. The molecule has 0 unspecified atom stereocenters. The fourth-order valence-electron chi connectivity index (χ4n) is 2.36. The Morgan fingerprint density at radius 3 is 2.72 bits per heavy atom. The SMILES string of the molecule is C=CCC(C)(C)c1nc2c(CC)ncnc2n1C. The molecule has 0 radical (unpaired) electrons. The molecule has 2 heterocycles. The number of hydrogen-bond donors (Lipinski definition) is 0. The number of nitrogens with zero attached hydrogens (tertiary/aromatic N) is 4. The topological polar surface area (TPSA) is 43.6 Å². The number of rotatable bonds is 4. The number of imidazole rings is 1. The lowest BCUT2D eigenvalue weighted by molar-refractivity contribution is 0.482. The van der Waals surface area contributed by atoms with Crippen LogP contribution in [-0.2, 0) is 18.9 Å². The first-order chi connectivity index (χ1) is 8.51. The molecule has 0 saturated carbocycles. The predicted molar refractivity (Wildman–Crippen MR) is 73.5 cm³/mol. The van der Waals surface area contributed by atoms with E-state index in [-0.39, 0.29) is 5.41 Å². The van der Waals surface area contributed by atoms with E-state index in [1.807, 2.05) is 13.1 Å². The van der Waals surface area contributed by atoms with Gasteiger partial charge in [0.05, 0.1) is 5.69 Å². The van der Waals surface area contributed by atoms with Gasteiger partial charge in [0, 0.05) is 12.5 Å². The molecular formula is C14H20N4. The lowest BCUT2D eigenvalue weighted by atomic mass is 9.88. The number of hydrogen-bond acceptors (Lipinski definition) is 3. The zero-order valence-corrected chi connectivity index (χ0v) is 11.6. The molecule has 0 fully saturated rings. The Hall–Kier alpha value is -1.71. The molecule has 2 rings (SSSR count). The van der Waals surface area contributed by atoms with E-state index in [4.69, 9.17) is 4.98 Å². The van der Waals surface area contributed by atoms with E-state index in [0.29, 0.717) is 0 Å². The van der Waals surface area contributed by atoms with Crippen molar-refractivity contribution in [3.05, 3.63) is 30.5 Å². The third-order valence-electron chi connectivity index (χ3n) is 3.33. The van der Waals surface area contributed by atoms with Crippen LogP contribution in [0.15, 0.2) is 19.0 Å². The maximum Gasteiger partial charge on any atom is 0.163 e. The molecule has 0 aliphatic carbocycles. The molecule has 0 atom stereocenters. The molecule has 0 aliphatic rings. The summed E-state index contributed by atoms with van der Waals surface area (Å²) in [7, 11) is 2.02. The van der Waals surface area contributed by atoms with E-state index in [2.05, 4.69) is 41.9 Å². The average Bonchev–Trinajstić information content (AvgIpc) is 2.68. The van der Waals surface area contributed by atoms with Crippen molar-refractivity contribution < 1.29 is 0 Å². The highest BCUT2D eigenvalue weighted by Crippen LogP contribution is 2.29. The van der Waals surface area contributed by atoms with Gasteiger partial charge in [-0.25, -0.2) is 15.0 Å². The van der Waals surface area contributed by atoms with Crippen molar-refractivity contribution in [2.24, 2.45) is 7.05 Å². The summed E-state index contributed by atoms with van der Waals surface area (Å²) in [6.07, 6.45) is 5.31. The summed E-state index contributed by atoms with van der Waals surface area (Å²) in [6.45, 7) is 10.3. The van der Waals surface area contributed by atoms with Crippen LogP contribution in [0.4, 0.5) is 0 Å². The van der Waals surface area contributed by atoms with Gasteiger partial charge in [-0.3, -0.25) is 0 Å². The van der Waals surface area contributed by atoms with Gasteiger partial charge in [0.15, 0.2) is 5.65 Å². The van der Waals surface area contributed by atoms with Crippen LogP contribution in [0.1, 0.15) is 38.7 Å². The normalized spacial score (nSPS) is 12.0. The third-order valence-corrected chi connectivity index (χ3v) is 3.33. The Morgan fingerprint density at radius 2 is 2.11 bits per heavy atom. The van der Waals surface area contributed by atoms with Crippen molar-refractivity contribution in [1.82, 2.24) is 19.5 Å². The zero-order chi connectivity index (χ0) is 13.3. The lowest BCUT2D eigenvalue weighted by Gasteiger charge is -2.21. The average molecular weight is 244 g/mol. The summed E-state index contributed by atoms with van der Waals surface area (Å²) in [5.41, 5.74) is 2.81. The second-order valence-corrected chi connectivity index (χ2v) is 5.22. The molecule has 2 aromatic rings. The summed E-state index contributed by atoms with van der Waals surface area (Å²) >= 11 is 0. The molecular weight excluding hydrogens is 224 g/mol. The van der Waals surface area contributed by atoms with Crippen molar-refractivity contribution in [3.8, 4) is 0 Å². The quantitative estimate of drug-likeness (QED) is 0.777. The Morgan fingerprint density at radius 1 is 1.39 bits per heavy atom. The molecule has 0 bridgehead atoms. The Bertz CT molecular complexity index is 581. The van der Waals surface area contributed by atoms with Gasteiger partial charge >= 0.3 is 0 Å². The molecule has 0 aliphatic heterocycles. The Kier molecular flexibility index (Phi) is 3.20. The van der Waals surface area contributed by atoms with Gasteiger partial charge in [-0.05, 0) is 12.8 Å². The highest BCUT2D eigenvalue weighted by molar-refractivity contribution is 5.74. The standard InChI is InChI=1S/C14H20N4/c1-6-8-14(3,4)13-17-11-10(7-2)15-9-16-12(11)18(13)5/h6,9H,1,7-8H2,2-5H3. The number of aromatic nitrogens is 4. The van der Waals surface area contributed by atoms with Gasteiger partial charge in [0.1, 0.15) is 17.7 Å². The molecule has 0 saturated heterocycles. The smallest absolute Gasteiger partial charge is 0.163 e. The minimum absolute atomic E-state index is 0.0395. The summed E-state index contributed by atoms with van der Waals surface area (Å²) < 4.78 is 2.07. The van der Waals surface area contributed by atoms with Gasteiger partial charge in [-0.15, -0.1) is 6.58 Å². The number of aryl methyl sites for hydroxylation is 2. The maximum absolute atomic E-state index is 4.76. The Balaban J connectivity index is 2.67. The van der Waals surface area contributed by atoms with Crippen LogP contribution in [0.2, 0.25) is 0 Å². The minimum atomic E-state index is -0.0395. The molecule has 18 heavy (non-hydrogen) atoms. The minimum Gasteiger partial charge on any atom is -0.315 e. The van der Waals surface area contributed by atoms with Crippen molar-refractivity contribution in [3.63, 3.8) is 0 Å². The van der Waals surface area contributed by atoms with Crippen LogP contribution in [-0.4, -0.2) is 19.5 Å². The second-order valence-electron chi connectivity index (χ2n) is 5.22. The largest absolute Gasteiger partial charge is 0.315 e. The fourth-order valence-corrected chi connectivity index (χ4v) is 2.36. The molecule has 4 nitrogen and oxygen atoms in total. The van der Waals surface area contributed by atoms with Crippen LogP contribution < -0.4 is 0 Å². The summed E-state index contributed by atoms with van der Waals surface area (Å²) in [4.78, 5) is 13.4. The van der Waals surface area contributed by atoms with Gasteiger partial charge in [0.25, 0.3) is 0 Å².